The van der Waals surface area contributed by atoms with Gasteiger partial charge in [0.05, 0.1) is 12.2 Å². The lowest BCUT2D eigenvalue weighted by Gasteiger charge is -2.12. The molecule has 1 amide bonds. The zero-order valence-corrected chi connectivity index (χ0v) is 12.0. The molecule has 2 aromatic rings. The summed E-state index contributed by atoms with van der Waals surface area (Å²) in [5.41, 5.74) is 4.70. The summed E-state index contributed by atoms with van der Waals surface area (Å²) in [6.45, 7) is 4.59. The van der Waals surface area contributed by atoms with E-state index in [2.05, 4.69) is 15.6 Å². The number of carbonyl (C=O) groups is 1. The average Bonchev–Trinajstić information content (AvgIpc) is 2.47. The second kappa shape index (κ2) is 6.19. The van der Waals surface area contributed by atoms with Gasteiger partial charge in [-0.15, -0.1) is 0 Å². The first-order valence-corrected chi connectivity index (χ1v) is 6.59. The number of anilines is 1. The lowest BCUT2D eigenvalue weighted by molar-refractivity contribution is 0.0962. The van der Waals surface area contributed by atoms with Crippen molar-refractivity contribution in [1.82, 2.24) is 10.3 Å². The third kappa shape index (κ3) is 3.15. The van der Waals surface area contributed by atoms with Crippen LogP contribution < -0.4 is 10.6 Å². The molecule has 1 heterocycles. The van der Waals surface area contributed by atoms with Crippen LogP contribution in [-0.2, 0) is 6.54 Å². The van der Waals surface area contributed by atoms with Crippen molar-refractivity contribution in [2.45, 2.75) is 20.4 Å². The largest absolute Gasteiger partial charge is 0.379 e. The van der Waals surface area contributed by atoms with Crippen LogP contribution in [0.25, 0.3) is 0 Å². The molecule has 1 aromatic carbocycles. The molecule has 4 nitrogen and oxygen atoms in total. The molecular weight excluding hydrogens is 250 g/mol. The van der Waals surface area contributed by atoms with E-state index in [1.807, 2.05) is 50.4 Å². The second-order valence-electron chi connectivity index (χ2n) is 4.74. The van der Waals surface area contributed by atoms with E-state index in [9.17, 15) is 4.79 Å². The van der Waals surface area contributed by atoms with E-state index >= 15 is 0 Å². The zero-order valence-electron chi connectivity index (χ0n) is 12.0. The molecule has 0 fully saturated rings. The normalized spacial score (nSPS) is 10.2. The number of hydrogen-bond acceptors (Lipinski definition) is 3. The zero-order chi connectivity index (χ0) is 14.5. The van der Waals surface area contributed by atoms with Crippen LogP contribution in [0.1, 0.15) is 27.2 Å². The van der Waals surface area contributed by atoms with Crippen molar-refractivity contribution in [2.75, 3.05) is 12.4 Å². The SMILES string of the molecule is CNC(=O)c1cccc(NCc2ccc(C)cn2)c1C. The fourth-order valence-corrected chi connectivity index (χ4v) is 2.00. The van der Waals surface area contributed by atoms with Gasteiger partial charge in [-0.2, -0.15) is 0 Å². The molecule has 104 valence electrons. The summed E-state index contributed by atoms with van der Waals surface area (Å²) in [6, 6.07) is 9.71. The molecule has 2 N–H and O–H groups in total. The number of nitrogens with one attached hydrogen (secondary N) is 2. The molecule has 0 saturated heterocycles. The van der Waals surface area contributed by atoms with Crippen LogP contribution in [0.2, 0.25) is 0 Å². The molecule has 0 saturated carbocycles. The topological polar surface area (TPSA) is 54.0 Å². The fraction of sp³-hybridized carbons (Fsp3) is 0.250. The lowest BCUT2D eigenvalue weighted by Crippen LogP contribution is -2.19. The van der Waals surface area contributed by atoms with Crippen molar-refractivity contribution < 1.29 is 4.79 Å². The minimum absolute atomic E-state index is 0.0698. The highest BCUT2D eigenvalue weighted by Gasteiger charge is 2.09. The number of nitrogens with zero attached hydrogens (tertiary/aromatic N) is 1. The molecule has 0 spiro atoms. The number of amides is 1. The van der Waals surface area contributed by atoms with E-state index in [4.69, 9.17) is 0 Å². The third-order valence-corrected chi connectivity index (χ3v) is 3.24. The number of benzene rings is 1. The molecule has 20 heavy (non-hydrogen) atoms. The van der Waals surface area contributed by atoms with Gasteiger partial charge in [0.25, 0.3) is 5.91 Å². The summed E-state index contributed by atoms with van der Waals surface area (Å²) in [6.07, 6.45) is 1.85. The van der Waals surface area contributed by atoms with E-state index in [1.54, 1.807) is 7.05 Å². The van der Waals surface area contributed by atoms with Gasteiger partial charge in [-0.3, -0.25) is 9.78 Å². The van der Waals surface area contributed by atoms with Gasteiger partial charge < -0.3 is 10.6 Å². The van der Waals surface area contributed by atoms with Gasteiger partial charge in [-0.05, 0) is 43.2 Å². The maximum atomic E-state index is 11.7. The van der Waals surface area contributed by atoms with E-state index in [0.29, 0.717) is 12.1 Å². The summed E-state index contributed by atoms with van der Waals surface area (Å²) in [5, 5.41) is 5.98. The summed E-state index contributed by atoms with van der Waals surface area (Å²) in [5.74, 6) is -0.0698. The van der Waals surface area contributed by atoms with Crippen molar-refractivity contribution >= 4 is 11.6 Å². The summed E-state index contributed by atoms with van der Waals surface area (Å²) in [4.78, 5) is 16.1. The Morgan fingerprint density at radius 2 is 2.00 bits per heavy atom. The molecule has 4 heteroatoms. The van der Waals surface area contributed by atoms with E-state index < -0.39 is 0 Å². The van der Waals surface area contributed by atoms with Gasteiger partial charge in [0.15, 0.2) is 0 Å². The van der Waals surface area contributed by atoms with Crippen molar-refractivity contribution in [3.63, 3.8) is 0 Å². The third-order valence-electron chi connectivity index (χ3n) is 3.24. The number of carbonyl (C=O) groups excluding carboxylic acids is 1. The predicted molar refractivity (Wildman–Crippen MR) is 80.9 cm³/mol. The van der Waals surface area contributed by atoms with Crippen LogP contribution in [0.5, 0.6) is 0 Å². The maximum absolute atomic E-state index is 11.7. The Morgan fingerprint density at radius 3 is 2.65 bits per heavy atom. The molecule has 2 rings (SSSR count). The van der Waals surface area contributed by atoms with Gasteiger partial charge in [-0.25, -0.2) is 0 Å². The van der Waals surface area contributed by atoms with Crippen LogP contribution in [-0.4, -0.2) is 17.9 Å². The number of aryl methyl sites for hydroxylation is 1. The Hall–Kier alpha value is -2.36. The molecule has 0 aliphatic carbocycles. The van der Waals surface area contributed by atoms with Crippen LogP contribution in [0, 0.1) is 13.8 Å². The highest BCUT2D eigenvalue weighted by molar-refractivity contribution is 5.96. The van der Waals surface area contributed by atoms with E-state index in [1.165, 1.54) is 0 Å². The van der Waals surface area contributed by atoms with E-state index in [0.717, 1.165) is 22.5 Å². The highest BCUT2D eigenvalue weighted by Crippen LogP contribution is 2.19. The number of aromatic nitrogens is 1. The molecular formula is C16H19N3O. The molecule has 0 unspecified atom stereocenters. The first-order chi connectivity index (χ1) is 9.61. The first kappa shape index (κ1) is 14.1. The van der Waals surface area contributed by atoms with E-state index in [-0.39, 0.29) is 5.91 Å². The van der Waals surface area contributed by atoms with Crippen LogP contribution >= 0.6 is 0 Å². The summed E-state index contributed by atoms with van der Waals surface area (Å²) >= 11 is 0. The van der Waals surface area contributed by atoms with Gasteiger partial charge in [-0.1, -0.05) is 12.1 Å². The quantitative estimate of drug-likeness (QED) is 0.897. The highest BCUT2D eigenvalue weighted by atomic mass is 16.1. The van der Waals surface area contributed by atoms with Crippen molar-refractivity contribution in [3.8, 4) is 0 Å². The van der Waals surface area contributed by atoms with Gasteiger partial charge in [0.2, 0.25) is 0 Å². The Kier molecular flexibility index (Phi) is 4.35. The van der Waals surface area contributed by atoms with Crippen molar-refractivity contribution in [2.24, 2.45) is 0 Å². The molecule has 0 atom stereocenters. The first-order valence-electron chi connectivity index (χ1n) is 6.59. The number of pyridine rings is 1. The minimum atomic E-state index is -0.0698. The second-order valence-corrected chi connectivity index (χ2v) is 4.74. The summed E-state index contributed by atoms with van der Waals surface area (Å²) < 4.78 is 0. The predicted octanol–water partition coefficient (Wildman–Crippen LogP) is 2.67. The van der Waals surface area contributed by atoms with Crippen LogP contribution in [0.15, 0.2) is 36.5 Å². The van der Waals surface area contributed by atoms with Gasteiger partial charge >= 0.3 is 0 Å². The van der Waals surface area contributed by atoms with Crippen LogP contribution in [0.4, 0.5) is 5.69 Å². The standard InChI is InChI=1S/C16H19N3O/c1-11-7-8-13(18-9-11)10-19-15-6-4-5-14(12(15)2)16(20)17-3/h4-9,19H,10H2,1-3H3,(H,17,20). The summed E-state index contributed by atoms with van der Waals surface area (Å²) in [7, 11) is 1.64. The average molecular weight is 269 g/mol. The Morgan fingerprint density at radius 1 is 1.20 bits per heavy atom. The van der Waals surface area contributed by atoms with Crippen molar-refractivity contribution in [3.05, 3.63) is 58.9 Å². The molecule has 0 aliphatic rings. The van der Waals surface area contributed by atoms with Gasteiger partial charge in [0, 0.05) is 24.5 Å². The number of hydrogen-bond donors (Lipinski definition) is 2. The fourth-order valence-electron chi connectivity index (χ4n) is 2.00. The minimum Gasteiger partial charge on any atom is -0.379 e. The molecule has 1 aromatic heterocycles. The Balaban J connectivity index is 2.13. The smallest absolute Gasteiger partial charge is 0.251 e. The van der Waals surface area contributed by atoms with Gasteiger partial charge in [0.1, 0.15) is 0 Å². The monoisotopic (exact) mass is 269 g/mol. The molecule has 0 aliphatic heterocycles. The molecule has 0 radical (unpaired) electrons. The maximum Gasteiger partial charge on any atom is 0.251 e. The molecule has 0 bridgehead atoms. The number of rotatable bonds is 4. The Bertz CT molecular complexity index is 606. The Labute approximate surface area is 119 Å². The lowest BCUT2D eigenvalue weighted by atomic mass is 10.1. The van der Waals surface area contributed by atoms with Crippen molar-refractivity contribution in [1.29, 1.82) is 0 Å². The van der Waals surface area contributed by atoms with Crippen LogP contribution in [0.3, 0.4) is 0 Å².